The van der Waals surface area contributed by atoms with Gasteiger partial charge in [-0.2, -0.15) is 0 Å². The molecule has 7 aromatic carbocycles. The number of furan rings is 1. The number of rotatable bonds is 5. The Bertz CT molecular complexity index is 2780. The predicted octanol–water partition coefficient (Wildman–Crippen LogP) is 12.9. The van der Waals surface area contributed by atoms with E-state index in [0.29, 0.717) is 5.89 Å². The zero-order valence-corrected chi connectivity index (χ0v) is 26.4. The fraction of sp³-hybridized carbons (Fsp3) is 0. The predicted molar refractivity (Wildman–Crippen MR) is 200 cm³/mol. The molecule has 10 rings (SSSR count). The number of hydrogen-bond acceptors (Lipinski definition) is 5. The third-order valence-corrected chi connectivity index (χ3v) is 10.2. The summed E-state index contributed by atoms with van der Waals surface area (Å²) in [4.78, 5) is 7.22. The van der Waals surface area contributed by atoms with Crippen LogP contribution in [0.1, 0.15) is 0 Å². The van der Waals surface area contributed by atoms with Gasteiger partial charge >= 0.3 is 0 Å². The first-order valence-corrected chi connectivity index (χ1v) is 16.8. The molecule has 0 saturated heterocycles. The van der Waals surface area contributed by atoms with Crippen molar-refractivity contribution in [2.24, 2.45) is 0 Å². The molecule has 0 spiro atoms. The lowest BCUT2D eigenvalue weighted by atomic mass is 10.0. The zero-order valence-electron chi connectivity index (χ0n) is 25.6. The third-order valence-electron chi connectivity index (χ3n) is 9.10. The van der Waals surface area contributed by atoms with Crippen LogP contribution in [-0.2, 0) is 0 Å². The van der Waals surface area contributed by atoms with Gasteiger partial charge in [0, 0.05) is 47.9 Å². The van der Waals surface area contributed by atoms with Crippen LogP contribution in [0.2, 0.25) is 0 Å². The van der Waals surface area contributed by atoms with Gasteiger partial charge in [-0.1, -0.05) is 84.9 Å². The van der Waals surface area contributed by atoms with Crippen LogP contribution in [-0.4, -0.2) is 4.98 Å². The van der Waals surface area contributed by atoms with E-state index < -0.39 is 0 Å². The van der Waals surface area contributed by atoms with E-state index in [0.717, 1.165) is 61.1 Å². The van der Waals surface area contributed by atoms with Crippen molar-refractivity contribution in [2.75, 3.05) is 4.90 Å². The van der Waals surface area contributed by atoms with Crippen molar-refractivity contribution in [3.8, 4) is 22.6 Å². The second-order valence-electron chi connectivity index (χ2n) is 12.0. The third kappa shape index (κ3) is 4.33. The topological polar surface area (TPSA) is 42.4 Å². The Kier molecular flexibility index (Phi) is 6.01. The largest absolute Gasteiger partial charge is 0.456 e. The van der Waals surface area contributed by atoms with Crippen molar-refractivity contribution in [3.63, 3.8) is 0 Å². The van der Waals surface area contributed by atoms with Crippen LogP contribution in [0.3, 0.4) is 0 Å². The number of thiophene rings is 1. The van der Waals surface area contributed by atoms with Crippen LogP contribution in [0.15, 0.2) is 167 Å². The highest BCUT2D eigenvalue weighted by Crippen LogP contribution is 2.47. The number of aromatic nitrogens is 1. The Morgan fingerprint density at radius 2 is 1.17 bits per heavy atom. The van der Waals surface area contributed by atoms with Gasteiger partial charge in [-0.25, -0.2) is 4.98 Å². The summed E-state index contributed by atoms with van der Waals surface area (Å²) in [6, 6.07) is 55.1. The molecule has 0 atom stereocenters. The van der Waals surface area contributed by atoms with Gasteiger partial charge in [-0.15, -0.1) is 11.3 Å². The number of nitrogens with zero attached hydrogens (tertiary/aromatic N) is 2. The monoisotopic (exact) mass is 634 g/mol. The molecule has 5 heteroatoms. The summed E-state index contributed by atoms with van der Waals surface area (Å²) in [5.41, 5.74) is 9.97. The Hall–Kier alpha value is -6.17. The Morgan fingerprint density at radius 1 is 0.458 bits per heavy atom. The number of fused-ring (bicyclic) bond motifs is 7. The highest BCUT2D eigenvalue weighted by atomic mass is 32.1. The zero-order chi connectivity index (χ0) is 31.6. The lowest BCUT2D eigenvalue weighted by Gasteiger charge is -2.27. The standard InChI is InChI=1S/C43H26N2O2S/c1-3-10-27(11-4-1)28-18-20-30(21-19-28)45(31-22-23-38-33(24-31)32-14-7-8-16-37(32)46-38)36-15-9-17-40-42(36)34-25-39-35(26-41(34)48-40)44-43(47-39)29-12-5-2-6-13-29/h1-26H. The molecule has 0 N–H and O–H groups in total. The van der Waals surface area contributed by atoms with Crippen molar-refractivity contribution in [1.82, 2.24) is 4.98 Å². The maximum Gasteiger partial charge on any atom is 0.227 e. The van der Waals surface area contributed by atoms with Crippen molar-refractivity contribution < 1.29 is 8.83 Å². The molecule has 0 radical (unpaired) electrons. The van der Waals surface area contributed by atoms with E-state index in [4.69, 9.17) is 13.8 Å². The molecule has 0 aliphatic carbocycles. The number of benzene rings is 7. The van der Waals surface area contributed by atoms with Crippen LogP contribution in [0.4, 0.5) is 17.1 Å². The van der Waals surface area contributed by atoms with Crippen molar-refractivity contribution in [2.45, 2.75) is 0 Å². The molecule has 0 aliphatic rings. The molecule has 3 heterocycles. The van der Waals surface area contributed by atoms with Crippen LogP contribution >= 0.6 is 11.3 Å². The Labute approximate surface area is 279 Å². The van der Waals surface area contributed by atoms with Gasteiger partial charge in [0.1, 0.15) is 16.7 Å². The molecule has 0 amide bonds. The average Bonchev–Trinajstić information content (AvgIpc) is 3.85. The lowest BCUT2D eigenvalue weighted by molar-refractivity contribution is 0.620. The first kappa shape index (κ1) is 27.0. The molecule has 0 fully saturated rings. The summed E-state index contributed by atoms with van der Waals surface area (Å²) in [7, 11) is 0. The molecule has 3 aromatic heterocycles. The number of hydrogen-bond donors (Lipinski definition) is 0. The van der Waals surface area contributed by atoms with E-state index in [1.165, 1.54) is 25.9 Å². The van der Waals surface area contributed by atoms with Crippen LogP contribution in [0, 0.1) is 0 Å². The summed E-state index contributed by atoms with van der Waals surface area (Å²) >= 11 is 1.79. The highest BCUT2D eigenvalue weighted by molar-refractivity contribution is 7.26. The minimum Gasteiger partial charge on any atom is -0.456 e. The Morgan fingerprint density at radius 3 is 2.00 bits per heavy atom. The van der Waals surface area contributed by atoms with Crippen molar-refractivity contribution in [3.05, 3.63) is 158 Å². The normalized spacial score (nSPS) is 11.8. The molecule has 10 aromatic rings. The molecular formula is C43H26N2O2S. The van der Waals surface area contributed by atoms with E-state index in [1.807, 2.05) is 42.5 Å². The highest BCUT2D eigenvalue weighted by Gasteiger charge is 2.21. The average molecular weight is 635 g/mol. The number of anilines is 3. The first-order valence-electron chi connectivity index (χ1n) is 15.9. The van der Waals surface area contributed by atoms with E-state index in [9.17, 15) is 0 Å². The quantitative estimate of drug-likeness (QED) is 0.189. The molecular weight excluding hydrogens is 609 g/mol. The summed E-state index contributed by atoms with van der Waals surface area (Å²) in [6.07, 6.45) is 0. The van der Waals surface area contributed by atoms with Gasteiger partial charge in [0.25, 0.3) is 0 Å². The van der Waals surface area contributed by atoms with Gasteiger partial charge in [-0.3, -0.25) is 0 Å². The molecule has 4 nitrogen and oxygen atoms in total. The number of oxazole rings is 1. The SMILES string of the molecule is c1ccc(-c2ccc(N(c3ccc4oc5ccccc5c4c3)c3cccc4sc5cc6nc(-c7ccccc7)oc6cc5c34)cc2)cc1. The second-order valence-corrected chi connectivity index (χ2v) is 13.1. The molecule has 0 bridgehead atoms. The van der Waals surface area contributed by atoms with Crippen LogP contribution in [0.5, 0.6) is 0 Å². The minimum absolute atomic E-state index is 0.633. The van der Waals surface area contributed by atoms with Gasteiger partial charge in [0.05, 0.1) is 5.69 Å². The smallest absolute Gasteiger partial charge is 0.227 e. The van der Waals surface area contributed by atoms with E-state index in [2.05, 4.69) is 120 Å². The fourth-order valence-corrected chi connectivity index (χ4v) is 7.97. The van der Waals surface area contributed by atoms with Crippen LogP contribution in [0.25, 0.3) is 75.8 Å². The number of para-hydroxylation sites is 1. The van der Waals surface area contributed by atoms with Gasteiger partial charge in [0.2, 0.25) is 5.89 Å². The fourth-order valence-electron chi connectivity index (χ4n) is 6.83. The molecule has 226 valence electrons. The van der Waals surface area contributed by atoms with Gasteiger partial charge < -0.3 is 13.7 Å². The van der Waals surface area contributed by atoms with Gasteiger partial charge in [0.15, 0.2) is 5.58 Å². The lowest BCUT2D eigenvalue weighted by Crippen LogP contribution is -2.10. The maximum absolute atomic E-state index is 6.36. The van der Waals surface area contributed by atoms with E-state index in [1.54, 1.807) is 11.3 Å². The molecule has 0 aliphatic heterocycles. The first-order chi connectivity index (χ1) is 23.8. The van der Waals surface area contributed by atoms with E-state index >= 15 is 0 Å². The molecule has 0 saturated carbocycles. The summed E-state index contributed by atoms with van der Waals surface area (Å²) in [5, 5.41) is 4.53. The van der Waals surface area contributed by atoms with E-state index in [-0.39, 0.29) is 0 Å². The summed E-state index contributed by atoms with van der Waals surface area (Å²) in [5.74, 6) is 0.633. The Balaban J connectivity index is 1.20. The molecule has 0 unspecified atom stereocenters. The maximum atomic E-state index is 6.36. The summed E-state index contributed by atoms with van der Waals surface area (Å²) in [6.45, 7) is 0. The van der Waals surface area contributed by atoms with Gasteiger partial charge in [-0.05, 0) is 83.9 Å². The second kappa shape index (κ2) is 10.7. The summed E-state index contributed by atoms with van der Waals surface area (Å²) < 4.78 is 15.0. The molecule has 48 heavy (non-hydrogen) atoms. The minimum atomic E-state index is 0.633. The van der Waals surface area contributed by atoms with Crippen molar-refractivity contribution >= 4 is 81.6 Å². The van der Waals surface area contributed by atoms with Crippen LogP contribution < -0.4 is 4.90 Å². The van der Waals surface area contributed by atoms with Crippen molar-refractivity contribution in [1.29, 1.82) is 0 Å².